The van der Waals surface area contributed by atoms with Gasteiger partial charge in [-0.05, 0) is 24.2 Å². The van der Waals surface area contributed by atoms with Crippen LogP contribution in [0.4, 0.5) is 4.39 Å². The van der Waals surface area contributed by atoms with Crippen molar-refractivity contribution in [3.63, 3.8) is 0 Å². The van der Waals surface area contributed by atoms with Crippen LogP contribution in [-0.2, 0) is 10.8 Å². The molecule has 0 unspecified atom stereocenters. The van der Waals surface area contributed by atoms with Gasteiger partial charge in [-0.1, -0.05) is 6.07 Å². The zero-order valence-corrected chi connectivity index (χ0v) is 7.90. The Kier molecular flexibility index (Phi) is 3.74. The Balaban J connectivity index is 2.81. The lowest BCUT2D eigenvalue weighted by Crippen LogP contribution is -1.91. The molecule has 0 bridgehead atoms. The van der Waals surface area contributed by atoms with Crippen molar-refractivity contribution in [2.45, 2.75) is 6.61 Å². The third-order valence-corrected chi connectivity index (χ3v) is 1.87. The van der Waals surface area contributed by atoms with E-state index < -0.39 is 5.82 Å². The fourth-order valence-electron chi connectivity index (χ4n) is 0.856. The van der Waals surface area contributed by atoms with Gasteiger partial charge in [-0.3, -0.25) is 0 Å². The predicted octanol–water partition coefficient (Wildman–Crippen LogP) is 2.49. The molecule has 0 N–H and O–H groups in total. The molecule has 2 nitrogen and oxygen atoms in total. The minimum Gasteiger partial charge on any atom is -0.311 e. The van der Waals surface area contributed by atoms with Crippen molar-refractivity contribution in [2.75, 3.05) is 6.26 Å². The summed E-state index contributed by atoms with van der Waals surface area (Å²) in [6.07, 6.45) is 1.77. The van der Waals surface area contributed by atoms with Crippen LogP contribution in [0.3, 0.4) is 0 Å². The molecule has 1 aromatic rings. The van der Waals surface area contributed by atoms with Crippen LogP contribution >= 0.6 is 12.0 Å². The summed E-state index contributed by atoms with van der Waals surface area (Å²) in [5.74, 6) is -0.395. The number of nitriles is 1. The zero-order valence-electron chi connectivity index (χ0n) is 7.08. The summed E-state index contributed by atoms with van der Waals surface area (Å²) in [4.78, 5) is 0. The molecular formula is C9H8FNOS. The van der Waals surface area contributed by atoms with E-state index in [9.17, 15) is 4.39 Å². The van der Waals surface area contributed by atoms with Crippen LogP contribution in [0.5, 0.6) is 0 Å². The monoisotopic (exact) mass is 197 g/mol. The smallest absolute Gasteiger partial charge is 0.130 e. The lowest BCUT2D eigenvalue weighted by atomic mass is 10.1. The fourth-order valence-corrected chi connectivity index (χ4v) is 1.10. The van der Waals surface area contributed by atoms with Crippen molar-refractivity contribution in [1.29, 1.82) is 5.26 Å². The van der Waals surface area contributed by atoms with E-state index in [0.717, 1.165) is 0 Å². The van der Waals surface area contributed by atoms with Gasteiger partial charge in [0.05, 0.1) is 18.2 Å². The van der Waals surface area contributed by atoms with Crippen molar-refractivity contribution < 1.29 is 8.57 Å². The van der Waals surface area contributed by atoms with E-state index in [4.69, 9.17) is 9.44 Å². The van der Waals surface area contributed by atoms with Gasteiger partial charge in [0.25, 0.3) is 0 Å². The summed E-state index contributed by atoms with van der Waals surface area (Å²) in [6.45, 7) is 0.221. The first-order valence-corrected chi connectivity index (χ1v) is 4.77. The first kappa shape index (κ1) is 10.0. The van der Waals surface area contributed by atoms with Crippen LogP contribution in [-0.4, -0.2) is 6.26 Å². The highest BCUT2D eigenvalue weighted by Crippen LogP contribution is 2.12. The quantitative estimate of drug-likeness (QED) is 0.698. The second kappa shape index (κ2) is 4.85. The second-order valence-electron chi connectivity index (χ2n) is 2.35. The summed E-state index contributed by atoms with van der Waals surface area (Å²) in [5.41, 5.74) is 0.791. The molecule has 1 aromatic carbocycles. The van der Waals surface area contributed by atoms with Crippen LogP contribution in [0.15, 0.2) is 18.2 Å². The average molecular weight is 197 g/mol. The maximum atomic E-state index is 13.1. The Morgan fingerprint density at radius 2 is 2.38 bits per heavy atom. The van der Waals surface area contributed by atoms with E-state index in [0.29, 0.717) is 11.1 Å². The van der Waals surface area contributed by atoms with Gasteiger partial charge in [-0.25, -0.2) is 4.39 Å². The van der Waals surface area contributed by atoms with Crippen LogP contribution < -0.4 is 0 Å². The minimum atomic E-state index is -0.395. The minimum absolute atomic E-state index is 0.221. The molecular weight excluding hydrogens is 189 g/mol. The maximum Gasteiger partial charge on any atom is 0.130 e. The molecule has 4 heteroatoms. The molecule has 0 aliphatic rings. The molecule has 0 amide bonds. The van der Waals surface area contributed by atoms with Gasteiger partial charge in [-0.15, -0.1) is 0 Å². The Bertz CT molecular complexity index is 335. The standard InChI is InChI=1S/C9H8FNOS/c1-13-12-6-8-3-2-7(5-11)4-9(8)10/h2-4H,6H2,1H3. The summed E-state index contributed by atoms with van der Waals surface area (Å²) in [5, 5.41) is 8.48. The van der Waals surface area contributed by atoms with Gasteiger partial charge in [0.15, 0.2) is 0 Å². The van der Waals surface area contributed by atoms with Crippen molar-refractivity contribution in [2.24, 2.45) is 0 Å². The third kappa shape index (κ3) is 2.72. The number of benzene rings is 1. The topological polar surface area (TPSA) is 33.0 Å². The first-order chi connectivity index (χ1) is 6.27. The van der Waals surface area contributed by atoms with Crippen molar-refractivity contribution in [3.8, 4) is 6.07 Å². The zero-order chi connectivity index (χ0) is 9.68. The summed E-state index contributed by atoms with van der Waals surface area (Å²) in [6, 6.07) is 6.20. The summed E-state index contributed by atoms with van der Waals surface area (Å²) >= 11 is 1.18. The molecule has 0 spiro atoms. The lowest BCUT2D eigenvalue weighted by Gasteiger charge is -2.01. The van der Waals surface area contributed by atoms with Crippen LogP contribution in [0, 0.1) is 17.1 Å². The molecule has 0 aliphatic heterocycles. The normalized spacial score (nSPS) is 9.62. The molecule has 0 aliphatic carbocycles. The molecule has 0 heterocycles. The van der Waals surface area contributed by atoms with E-state index in [1.807, 2.05) is 6.07 Å². The molecule has 13 heavy (non-hydrogen) atoms. The molecule has 0 fully saturated rings. The van der Waals surface area contributed by atoms with Crippen molar-refractivity contribution in [1.82, 2.24) is 0 Å². The van der Waals surface area contributed by atoms with Gasteiger partial charge >= 0.3 is 0 Å². The number of halogens is 1. The number of hydrogen-bond donors (Lipinski definition) is 0. The highest BCUT2D eigenvalue weighted by Gasteiger charge is 2.02. The Labute approximate surface area is 80.5 Å². The van der Waals surface area contributed by atoms with Gasteiger partial charge in [0.1, 0.15) is 5.82 Å². The van der Waals surface area contributed by atoms with Gasteiger partial charge < -0.3 is 4.18 Å². The molecule has 68 valence electrons. The number of rotatable bonds is 3. The highest BCUT2D eigenvalue weighted by molar-refractivity contribution is 7.93. The molecule has 0 atom stereocenters. The fraction of sp³-hybridized carbons (Fsp3) is 0.222. The van der Waals surface area contributed by atoms with E-state index >= 15 is 0 Å². The van der Waals surface area contributed by atoms with E-state index in [1.54, 1.807) is 18.4 Å². The first-order valence-electron chi connectivity index (χ1n) is 3.62. The predicted molar refractivity (Wildman–Crippen MR) is 49.4 cm³/mol. The van der Waals surface area contributed by atoms with Crippen molar-refractivity contribution in [3.05, 3.63) is 35.1 Å². The van der Waals surface area contributed by atoms with E-state index in [1.165, 1.54) is 18.1 Å². The van der Waals surface area contributed by atoms with Crippen LogP contribution in [0.1, 0.15) is 11.1 Å². The summed E-state index contributed by atoms with van der Waals surface area (Å²) in [7, 11) is 0. The molecule has 0 aromatic heterocycles. The largest absolute Gasteiger partial charge is 0.311 e. The SMILES string of the molecule is CSOCc1ccc(C#N)cc1F. The van der Waals surface area contributed by atoms with Gasteiger partial charge in [0, 0.05) is 11.8 Å². The molecule has 1 rings (SSSR count). The molecule has 0 radical (unpaired) electrons. The Morgan fingerprint density at radius 3 is 2.92 bits per heavy atom. The van der Waals surface area contributed by atoms with E-state index in [2.05, 4.69) is 0 Å². The van der Waals surface area contributed by atoms with Crippen LogP contribution in [0.25, 0.3) is 0 Å². The number of nitrogens with zero attached hydrogens (tertiary/aromatic N) is 1. The number of hydrogen-bond acceptors (Lipinski definition) is 3. The van der Waals surface area contributed by atoms with Crippen LogP contribution in [0.2, 0.25) is 0 Å². The molecule has 0 saturated carbocycles. The lowest BCUT2D eigenvalue weighted by molar-refractivity contribution is 0.356. The van der Waals surface area contributed by atoms with Crippen molar-refractivity contribution >= 4 is 12.0 Å². The third-order valence-electron chi connectivity index (χ3n) is 1.51. The highest BCUT2D eigenvalue weighted by atomic mass is 32.2. The Hall–Kier alpha value is -1.05. The maximum absolute atomic E-state index is 13.1. The summed E-state index contributed by atoms with van der Waals surface area (Å²) < 4.78 is 18.1. The Morgan fingerprint density at radius 1 is 1.62 bits per heavy atom. The van der Waals surface area contributed by atoms with Gasteiger partial charge in [0.2, 0.25) is 0 Å². The van der Waals surface area contributed by atoms with E-state index in [-0.39, 0.29) is 6.61 Å². The van der Waals surface area contributed by atoms with Gasteiger partial charge in [-0.2, -0.15) is 5.26 Å². The second-order valence-corrected chi connectivity index (χ2v) is 2.92. The molecule has 0 saturated heterocycles. The average Bonchev–Trinajstić information content (AvgIpc) is 2.16.